The number of aromatic nitrogens is 2. The van der Waals surface area contributed by atoms with Gasteiger partial charge in [-0.1, -0.05) is 12.1 Å². The van der Waals surface area contributed by atoms with Crippen LogP contribution in [0.25, 0.3) is 5.69 Å². The van der Waals surface area contributed by atoms with Crippen LogP contribution in [0.4, 0.5) is 15.8 Å². The van der Waals surface area contributed by atoms with Gasteiger partial charge < -0.3 is 24.8 Å². The standard InChI is InChI=1S/C28H26FN5O2S/c1-18-15-21(11-12-22(18)31-25(35)17-36-2)34-27(26(32-28(34)37)23-9-3-4-13-30-23)24-10-6-14-33(24)20-8-5-7-19(29)16-20/h3-16,26-27H,17H2,1-2H3,(H,31,35)(H,32,37). The van der Waals surface area contributed by atoms with Crippen LogP contribution in [0.1, 0.15) is 29.0 Å². The average Bonchev–Trinajstić information content (AvgIpc) is 3.50. The molecule has 3 heterocycles. The number of carbonyl (C=O) groups is 1. The van der Waals surface area contributed by atoms with Gasteiger partial charge in [0.2, 0.25) is 5.91 Å². The summed E-state index contributed by atoms with van der Waals surface area (Å²) in [5, 5.41) is 6.86. The molecule has 2 aromatic carbocycles. The topological polar surface area (TPSA) is 71.4 Å². The van der Waals surface area contributed by atoms with Crippen molar-refractivity contribution in [1.82, 2.24) is 14.9 Å². The first-order chi connectivity index (χ1) is 18.0. The maximum absolute atomic E-state index is 14.1. The number of amides is 1. The fraction of sp³-hybridized carbons (Fsp3) is 0.179. The smallest absolute Gasteiger partial charge is 0.250 e. The van der Waals surface area contributed by atoms with E-state index in [9.17, 15) is 9.18 Å². The zero-order valence-corrected chi connectivity index (χ0v) is 21.2. The molecule has 37 heavy (non-hydrogen) atoms. The van der Waals surface area contributed by atoms with Gasteiger partial charge in [0.25, 0.3) is 0 Å². The highest BCUT2D eigenvalue weighted by Crippen LogP contribution is 2.42. The predicted octanol–water partition coefficient (Wildman–Crippen LogP) is 5.08. The van der Waals surface area contributed by atoms with Gasteiger partial charge in [-0.15, -0.1) is 0 Å². The molecule has 1 aliphatic heterocycles. The first kappa shape index (κ1) is 24.6. The number of hydrogen-bond acceptors (Lipinski definition) is 4. The van der Waals surface area contributed by atoms with Gasteiger partial charge in [-0.25, -0.2) is 4.39 Å². The molecule has 1 fully saturated rings. The number of rotatable bonds is 7. The van der Waals surface area contributed by atoms with Crippen molar-refractivity contribution < 1.29 is 13.9 Å². The van der Waals surface area contributed by atoms with Crippen molar-refractivity contribution in [3.05, 3.63) is 108 Å². The minimum atomic E-state index is -0.308. The average molecular weight is 516 g/mol. The molecule has 1 aliphatic rings. The highest BCUT2D eigenvalue weighted by molar-refractivity contribution is 7.80. The lowest BCUT2D eigenvalue weighted by atomic mass is 10.00. The monoisotopic (exact) mass is 515 g/mol. The maximum atomic E-state index is 14.1. The lowest BCUT2D eigenvalue weighted by Crippen LogP contribution is -2.30. The van der Waals surface area contributed by atoms with E-state index in [1.54, 1.807) is 12.3 Å². The Morgan fingerprint density at radius 2 is 1.97 bits per heavy atom. The number of halogens is 1. The summed E-state index contributed by atoms with van der Waals surface area (Å²) in [6.45, 7) is 1.91. The second-order valence-electron chi connectivity index (χ2n) is 8.76. The zero-order chi connectivity index (χ0) is 25.9. The number of ether oxygens (including phenoxy) is 1. The Kier molecular flexibility index (Phi) is 6.98. The molecule has 2 unspecified atom stereocenters. The molecular weight excluding hydrogens is 489 g/mol. The number of nitrogens with zero attached hydrogens (tertiary/aromatic N) is 3. The minimum Gasteiger partial charge on any atom is -0.375 e. The van der Waals surface area contributed by atoms with Crippen molar-refractivity contribution in [2.24, 2.45) is 0 Å². The summed E-state index contributed by atoms with van der Waals surface area (Å²) in [6, 6.07) is 21.5. The normalized spacial score (nSPS) is 17.1. The Morgan fingerprint density at radius 1 is 1.11 bits per heavy atom. The summed E-state index contributed by atoms with van der Waals surface area (Å²) in [5.74, 6) is -0.533. The molecule has 0 bridgehead atoms. The van der Waals surface area contributed by atoms with Crippen molar-refractivity contribution in [2.45, 2.75) is 19.0 Å². The van der Waals surface area contributed by atoms with Gasteiger partial charge >= 0.3 is 0 Å². The van der Waals surface area contributed by atoms with E-state index in [-0.39, 0.29) is 30.4 Å². The van der Waals surface area contributed by atoms with Crippen LogP contribution in [-0.4, -0.2) is 34.3 Å². The molecule has 0 radical (unpaired) electrons. The number of pyridine rings is 1. The van der Waals surface area contributed by atoms with E-state index >= 15 is 0 Å². The Morgan fingerprint density at radius 3 is 2.70 bits per heavy atom. The molecule has 7 nitrogen and oxygen atoms in total. The highest BCUT2D eigenvalue weighted by atomic mass is 32.1. The minimum absolute atomic E-state index is 0.0216. The molecular formula is C28H26FN5O2S. The third-order valence-electron chi connectivity index (χ3n) is 6.31. The Hall–Kier alpha value is -4.08. The van der Waals surface area contributed by atoms with Gasteiger partial charge in [-0.05, 0) is 85.4 Å². The number of thiocarbonyl (C=S) groups is 1. The highest BCUT2D eigenvalue weighted by Gasteiger charge is 2.42. The molecule has 4 aromatic rings. The SMILES string of the molecule is COCC(=O)Nc1ccc(N2C(=S)NC(c3ccccn3)C2c2cccn2-c2cccc(F)c2)cc1C. The molecule has 2 aromatic heterocycles. The fourth-order valence-corrected chi connectivity index (χ4v) is 5.03. The van der Waals surface area contributed by atoms with Gasteiger partial charge in [0.1, 0.15) is 18.5 Å². The molecule has 0 spiro atoms. The van der Waals surface area contributed by atoms with E-state index in [0.717, 1.165) is 22.6 Å². The van der Waals surface area contributed by atoms with Crippen molar-refractivity contribution >= 4 is 34.6 Å². The van der Waals surface area contributed by atoms with Crippen LogP contribution in [0, 0.1) is 12.7 Å². The number of methoxy groups -OCH3 is 1. The lowest BCUT2D eigenvalue weighted by Gasteiger charge is -2.29. The summed E-state index contributed by atoms with van der Waals surface area (Å²) in [5.41, 5.74) is 4.91. The van der Waals surface area contributed by atoms with Crippen molar-refractivity contribution in [3.63, 3.8) is 0 Å². The molecule has 5 rings (SSSR count). The first-order valence-corrected chi connectivity index (χ1v) is 12.2. The van der Waals surface area contributed by atoms with Gasteiger partial charge in [0.15, 0.2) is 5.11 Å². The van der Waals surface area contributed by atoms with E-state index in [0.29, 0.717) is 16.5 Å². The molecule has 2 N–H and O–H groups in total. The van der Waals surface area contributed by atoms with Crippen molar-refractivity contribution in [2.75, 3.05) is 23.9 Å². The number of nitrogens with one attached hydrogen (secondary N) is 2. The van der Waals surface area contributed by atoms with Gasteiger partial charge in [0.05, 0.1) is 11.7 Å². The molecule has 188 valence electrons. The molecule has 0 saturated carbocycles. The van der Waals surface area contributed by atoms with Crippen LogP contribution in [0.2, 0.25) is 0 Å². The van der Waals surface area contributed by atoms with Gasteiger partial charge in [0, 0.05) is 42.3 Å². The molecule has 0 aliphatic carbocycles. The number of benzene rings is 2. The Balaban J connectivity index is 1.59. The summed E-state index contributed by atoms with van der Waals surface area (Å²) in [6.07, 6.45) is 3.67. The van der Waals surface area contributed by atoms with E-state index in [1.807, 2.05) is 77.2 Å². The van der Waals surface area contributed by atoms with Crippen LogP contribution in [0.5, 0.6) is 0 Å². The van der Waals surface area contributed by atoms with E-state index in [1.165, 1.54) is 19.2 Å². The van der Waals surface area contributed by atoms with Crippen LogP contribution in [0.3, 0.4) is 0 Å². The number of aryl methyl sites for hydroxylation is 1. The van der Waals surface area contributed by atoms with E-state index < -0.39 is 0 Å². The zero-order valence-electron chi connectivity index (χ0n) is 20.4. The molecule has 1 amide bonds. The molecule has 1 saturated heterocycles. The summed E-state index contributed by atoms with van der Waals surface area (Å²) < 4.78 is 21.0. The van der Waals surface area contributed by atoms with E-state index in [4.69, 9.17) is 17.0 Å². The number of anilines is 2. The van der Waals surface area contributed by atoms with Crippen LogP contribution in [0.15, 0.2) is 85.2 Å². The van der Waals surface area contributed by atoms with Crippen LogP contribution >= 0.6 is 12.2 Å². The first-order valence-electron chi connectivity index (χ1n) is 11.8. The van der Waals surface area contributed by atoms with Crippen LogP contribution < -0.4 is 15.5 Å². The second-order valence-corrected chi connectivity index (χ2v) is 9.15. The van der Waals surface area contributed by atoms with Gasteiger partial charge in [-0.2, -0.15) is 0 Å². The van der Waals surface area contributed by atoms with E-state index in [2.05, 4.69) is 15.6 Å². The summed E-state index contributed by atoms with van der Waals surface area (Å²) in [7, 11) is 1.48. The fourth-order valence-electron chi connectivity index (χ4n) is 4.68. The Labute approximate surface area is 219 Å². The Bertz CT molecular complexity index is 1440. The quantitative estimate of drug-likeness (QED) is 0.335. The molecule has 2 atom stereocenters. The van der Waals surface area contributed by atoms with Gasteiger partial charge in [-0.3, -0.25) is 9.78 Å². The summed E-state index contributed by atoms with van der Waals surface area (Å²) in [4.78, 5) is 18.7. The lowest BCUT2D eigenvalue weighted by molar-refractivity contribution is -0.119. The summed E-state index contributed by atoms with van der Waals surface area (Å²) >= 11 is 5.84. The van der Waals surface area contributed by atoms with Crippen molar-refractivity contribution in [1.29, 1.82) is 0 Å². The van der Waals surface area contributed by atoms with Crippen LogP contribution in [-0.2, 0) is 9.53 Å². The maximum Gasteiger partial charge on any atom is 0.250 e. The third-order valence-corrected chi connectivity index (χ3v) is 6.62. The van der Waals surface area contributed by atoms with Crippen molar-refractivity contribution in [3.8, 4) is 5.69 Å². The number of carbonyl (C=O) groups excluding carboxylic acids is 1. The second kappa shape index (κ2) is 10.5. The number of hydrogen-bond donors (Lipinski definition) is 2. The third kappa shape index (κ3) is 4.96. The predicted molar refractivity (Wildman–Crippen MR) is 145 cm³/mol. The molecule has 9 heteroatoms. The largest absolute Gasteiger partial charge is 0.375 e.